The number of hydrogen-bond donors (Lipinski definition) is 3. The lowest BCUT2D eigenvalue weighted by molar-refractivity contribution is 0.0862. The second-order valence-corrected chi connectivity index (χ2v) is 13.7. The molecule has 7 atom stereocenters. The molecule has 4 fully saturated rings. The summed E-state index contributed by atoms with van der Waals surface area (Å²) in [6, 6.07) is 4.36. The van der Waals surface area contributed by atoms with E-state index in [0.717, 1.165) is 42.5 Å². The first-order valence-electron chi connectivity index (χ1n) is 15.9. The van der Waals surface area contributed by atoms with Crippen molar-refractivity contribution >= 4 is 0 Å². The van der Waals surface area contributed by atoms with Crippen LogP contribution in [0.25, 0.3) is 0 Å². The van der Waals surface area contributed by atoms with Crippen molar-refractivity contribution in [2.75, 3.05) is 0 Å². The van der Waals surface area contributed by atoms with Crippen LogP contribution in [0.5, 0.6) is 0 Å². The fraction of sp³-hybridized carbons (Fsp3) is 0.639. The molecule has 1 aromatic rings. The predicted molar refractivity (Wildman–Crippen MR) is 163 cm³/mol. The van der Waals surface area contributed by atoms with Gasteiger partial charge in [-0.25, -0.2) is 0 Å². The molecule has 0 bridgehead atoms. The highest BCUT2D eigenvalue weighted by Gasteiger charge is 2.52. The summed E-state index contributed by atoms with van der Waals surface area (Å²) in [4.78, 5) is 4.71. The van der Waals surface area contributed by atoms with Crippen LogP contribution in [0.4, 0.5) is 0 Å². The molecule has 0 amide bonds. The number of fused-ring (bicyclic) bond motifs is 1. The molecule has 1 heterocycles. The van der Waals surface area contributed by atoms with Gasteiger partial charge in [-0.15, -0.1) is 0 Å². The molecule has 0 spiro atoms. The minimum Gasteiger partial charge on any atom is -0.393 e. The number of aromatic nitrogens is 1. The van der Waals surface area contributed by atoms with Crippen LogP contribution in [-0.4, -0.2) is 38.6 Å². The van der Waals surface area contributed by atoms with E-state index in [9.17, 15) is 15.3 Å². The lowest BCUT2D eigenvalue weighted by atomic mass is 9.61. The Morgan fingerprint density at radius 1 is 1.15 bits per heavy atom. The molecule has 0 radical (unpaired) electrons. The van der Waals surface area contributed by atoms with Crippen LogP contribution >= 0.6 is 0 Å². The number of unbranched alkanes of at least 4 members (excludes halogenated alkanes) is 1. The van der Waals surface area contributed by atoms with E-state index in [1.807, 2.05) is 6.20 Å². The Hall–Kier alpha value is -2.01. The smallest absolute Gasteiger partial charge is 0.0832 e. The fourth-order valence-corrected chi connectivity index (χ4v) is 8.33. The Morgan fingerprint density at radius 3 is 2.70 bits per heavy atom. The van der Waals surface area contributed by atoms with Gasteiger partial charge in [0.05, 0.1) is 18.3 Å². The normalized spacial score (nSPS) is 35.3. The molecule has 0 aromatic carbocycles. The van der Waals surface area contributed by atoms with Gasteiger partial charge in [0, 0.05) is 23.7 Å². The summed E-state index contributed by atoms with van der Waals surface area (Å²) in [6.45, 7) is 11.2. The van der Waals surface area contributed by atoms with Gasteiger partial charge in [-0.2, -0.15) is 0 Å². The topological polar surface area (TPSA) is 73.6 Å². The highest BCUT2D eigenvalue weighted by atomic mass is 16.3. The highest BCUT2D eigenvalue weighted by molar-refractivity contribution is 5.39. The van der Waals surface area contributed by atoms with Crippen molar-refractivity contribution in [1.82, 2.24) is 4.98 Å². The van der Waals surface area contributed by atoms with E-state index in [1.165, 1.54) is 49.7 Å². The third-order valence-corrected chi connectivity index (χ3v) is 11.0. The number of rotatable bonds is 9. The average molecular weight is 546 g/mol. The van der Waals surface area contributed by atoms with E-state index in [0.29, 0.717) is 30.6 Å². The molecule has 4 heteroatoms. The van der Waals surface area contributed by atoms with E-state index in [4.69, 9.17) is 4.98 Å². The van der Waals surface area contributed by atoms with Crippen molar-refractivity contribution in [2.24, 2.45) is 23.2 Å². The second-order valence-electron chi connectivity index (χ2n) is 13.7. The number of aliphatic hydroxyl groups excluding tert-OH is 3. The van der Waals surface area contributed by atoms with E-state index < -0.39 is 18.3 Å². The number of aliphatic hydroxyl groups is 3. The van der Waals surface area contributed by atoms with Gasteiger partial charge in [0.2, 0.25) is 0 Å². The molecule has 1 aromatic heterocycles. The number of nitrogens with zero attached hydrogens (tertiary/aromatic N) is 1. The molecule has 40 heavy (non-hydrogen) atoms. The summed E-state index contributed by atoms with van der Waals surface area (Å²) in [6.07, 6.45) is 21.6. The third kappa shape index (κ3) is 5.82. The summed E-state index contributed by atoms with van der Waals surface area (Å²) >= 11 is 0. The van der Waals surface area contributed by atoms with Crippen LogP contribution in [0.1, 0.15) is 103 Å². The molecule has 3 N–H and O–H groups in total. The molecule has 4 aliphatic carbocycles. The van der Waals surface area contributed by atoms with Gasteiger partial charge in [0.25, 0.3) is 0 Å². The van der Waals surface area contributed by atoms with Gasteiger partial charge in [0.15, 0.2) is 0 Å². The predicted octanol–water partition coefficient (Wildman–Crippen LogP) is 7.15. The van der Waals surface area contributed by atoms with Crippen LogP contribution in [0.3, 0.4) is 0 Å². The molecular weight excluding hydrogens is 494 g/mol. The molecule has 218 valence electrons. The van der Waals surface area contributed by atoms with Crippen molar-refractivity contribution in [3.05, 3.63) is 77.2 Å². The molecule has 4 aliphatic rings. The zero-order chi connectivity index (χ0) is 28.5. The van der Waals surface area contributed by atoms with Gasteiger partial charge in [-0.3, -0.25) is 4.98 Å². The maximum atomic E-state index is 11.4. The summed E-state index contributed by atoms with van der Waals surface area (Å²) in [5.41, 5.74) is 5.73. The fourth-order valence-electron chi connectivity index (χ4n) is 8.33. The Bertz CT molecular complexity index is 1160. The molecule has 4 saturated carbocycles. The largest absolute Gasteiger partial charge is 0.393 e. The standard InChI is InChI=1S/C36H51NO3/c1-5-6-8-26-16-20-37-33(21-26)36(18-19-36)34(40)15-10-24(2)30-13-14-31-27(9-7-17-35(30,31)4)11-12-28-22-29(38)23-32(39)25(28)3/h10-12,15-16,20-21,24,29-32,34,38-40H,3,5-9,13-14,17-19,22-23H2,1-2,4H3/t24-,29-,30-,31+,32+,34-,35-/m1/s1. The van der Waals surface area contributed by atoms with Gasteiger partial charge in [0.1, 0.15) is 0 Å². The number of hydrogen-bond acceptors (Lipinski definition) is 4. The van der Waals surface area contributed by atoms with Crippen molar-refractivity contribution in [2.45, 2.75) is 122 Å². The summed E-state index contributed by atoms with van der Waals surface area (Å²) in [7, 11) is 0. The van der Waals surface area contributed by atoms with E-state index >= 15 is 0 Å². The molecule has 4 nitrogen and oxygen atoms in total. The Balaban J connectivity index is 1.27. The van der Waals surface area contributed by atoms with Gasteiger partial charge >= 0.3 is 0 Å². The molecule has 0 aliphatic heterocycles. The van der Waals surface area contributed by atoms with Gasteiger partial charge < -0.3 is 15.3 Å². The Kier molecular flexibility index (Phi) is 8.90. The van der Waals surface area contributed by atoms with Crippen LogP contribution in [0.15, 0.2) is 65.9 Å². The lowest BCUT2D eigenvalue weighted by Crippen LogP contribution is -2.35. The van der Waals surface area contributed by atoms with E-state index in [-0.39, 0.29) is 10.8 Å². The maximum Gasteiger partial charge on any atom is 0.0832 e. The highest BCUT2D eigenvalue weighted by Crippen LogP contribution is 2.60. The Labute approximate surface area is 242 Å². The van der Waals surface area contributed by atoms with Crippen molar-refractivity contribution in [3.8, 4) is 0 Å². The van der Waals surface area contributed by atoms with Crippen LogP contribution < -0.4 is 0 Å². The second kappa shape index (κ2) is 12.1. The zero-order valence-corrected chi connectivity index (χ0v) is 25.0. The Morgan fingerprint density at radius 2 is 1.95 bits per heavy atom. The monoisotopic (exact) mass is 545 g/mol. The first kappa shape index (κ1) is 29.5. The van der Waals surface area contributed by atoms with E-state index in [2.05, 4.69) is 63.8 Å². The van der Waals surface area contributed by atoms with Crippen molar-refractivity contribution in [1.29, 1.82) is 0 Å². The zero-order valence-electron chi connectivity index (χ0n) is 25.0. The average Bonchev–Trinajstić information content (AvgIpc) is 3.68. The minimum absolute atomic E-state index is 0.209. The van der Waals surface area contributed by atoms with Crippen molar-refractivity contribution < 1.29 is 15.3 Å². The summed E-state index contributed by atoms with van der Waals surface area (Å²) in [5.74, 6) is 1.57. The number of allylic oxidation sites excluding steroid dienone is 4. The van der Waals surface area contributed by atoms with Crippen LogP contribution in [0, 0.1) is 23.2 Å². The third-order valence-electron chi connectivity index (χ3n) is 11.0. The first-order valence-corrected chi connectivity index (χ1v) is 15.9. The van der Waals surface area contributed by atoms with Gasteiger partial charge in [-0.05, 0) is 116 Å². The molecule has 0 saturated heterocycles. The van der Waals surface area contributed by atoms with E-state index in [1.54, 1.807) is 0 Å². The SMILES string of the molecule is C=C1C(=CC=C2CCC[C@]3(C)[C@@H]([C@H](C)C=C[C@@H](O)C4(c5cc(CCCC)ccn5)CC4)CC[C@@H]23)C[C@@H](O)C[C@@H]1O. The van der Waals surface area contributed by atoms with Crippen LogP contribution in [-0.2, 0) is 11.8 Å². The van der Waals surface area contributed by atoms with Crippen LogP contribution in [0.2, 0.25) is 0 Å². The molecule has 0 unspecified atom stereocenters. The number of aryl methyl sites for hydroxylation is 1. The van der Waals surface area contributed by atoms with Gasteiger partial charge in [-0.1, -0.05) is 63.6 Å². The maximum absolute atomic E-state index is 11.4. The first-order chi connectivity index (χ1) is 19.2. The van der Waals surface area contributed by atoms with Crippen molar-refractivity contribution in [3.63, 3.8) is 0 Å². The summed E-state index contributed by atoms with van der Waals surface area (Å²) in [5, 5.41) is 31.8. The lowest BCUT2D eigenvalue weighted by Gasteiger charge is -2.44. The number of pyridine rings is 1. The summed E-state index contributed by atoms with van der Waals surface area (Å²) < 4.78 is 0. The minimum atomic E-state index is -0.639. The molecular formula is C36H51NO3. The quantitative estimate of drug-likeness (QED) is 0.288. The molecule has 5 rings (SSSR count).